The molecule has 1 saturated heterocycles. The summed E-state index contributed by atoms with van der Waals surface area (Å²) in [5, 5.41) is 22.1. The van der Waals surface area contributed by atoms with Crippen molar-refractivity contribution < 1.29 is 57.8 Å². The van der Waals surface area contributed by atoms with Gasteiger partial charge < -0.3 is 65.6 Å². The number of amides is 11. The van der Waals surface area contributed by atoms with E-state index >= 15 is 28.8 Å². The molecule has 0 aromatic carbocycles. The highest BCUT2D eigenvalue weighted by Crippen LogP contribution is 2.27. The molecule has 0 unspecified atom stereocenters. The Morgan fingerprint density at radius 2 is 0.925 bits per heavy atom. The minimum atomic E-state index is -1.65. The maximum atomic E-state index is 15.3. The van der Waals surface area contributed by atoms with E-state index in [2.05, 4.69) is 26.3 Å². The lowest BCUT2D eigenvalue weighted by molar-refractivity contribution is -0.157. The lowest BCUT2D eigenvalue weighted by Crippen LogP contribution is -2.64. The van der Waals surface area contributed by atoms with Crippen LogP contribution in [0.4, 0.5) is 0 Å². The summed E-state index contributed by atoms with van der Waals surface area (Å²) < 4.78 is 0. The molecule has 0 bridgehead atoms. The van der Waals surface area contributed by atoms with Crippen LogP contribution in [0.2, 0.25) is 0 Å². The highest BCUT2D eigenvalue weighted by molar-refractivity contribution is 8.00. The van der Waals surface area contributed by atoms with E-state index in [1.807, 2.05) is 61.5 Å². The van der Waals surface area contributed by atoms with Crippen molar-refractivity contribution in [3.8, 4) is 0 Å². The van der Waals surface area contributed by atoms with Crippen LogP contribution in [0.25, 0.3) is 0 Å². The first-order chi connectivity index (χ1) is 43.0. The van der Waals surface area contributed by atoms with Gasteiger partial charge in [-0.1, -0.05) is 109 Å². The second kappa shape index (κ2) is 39.5. The Balaban J connectivity index is 4.55. The van der Waals surface area contributed by atoms with Crippen LogP contribution in [0.3, 0.4) is 0 Å². The van der Waals surface area contributed by atoms with E-state index in [1.165, 1.54) is 92.6 Å². The molecule has 0 radical (unpaired) electrons. The molecule has 13 atom stereocenters. The first kappa shape index (κ1) is 84.7. The van der Waals surface area contributed by atoms with Gasteiger partial charge in [-0.25, -0.2) is 0 Å². The molecule has 1 rings (SSSR count). The number of allylic oxidation sites excluding steroid dienone is 2. The number of aliphatic hydroxyl groups excluding tert-OH is 1. The van der Waals surface area contributed by atoms with E-state index in [0.717, 1.165) is 16.7 Å². The van der Waals surface area contributed by atoms with E-state index in [1.54, 1.807) is 79.9 Å². The summed E-state index contributed by atoms with van der Waals surface area (Å²) in [4.78, 5) is 178. The van der Waals surface area contributed by atoms with Gasteiger partial charge in [0.25, 0.3) is 5.91 Å². The first-order valence-electron chi connectivity index (χ1n) is 33.2. The number of hydrogen-bond donors (Lipinski definition) is 5. The zero-order chi connectivity index (χ0) is 72.0. The third-order valence-corrected chi connectivity index (χ3v) is 18.3. The average molecular weight is 1330 g/mol. The molecule has 5 N–H and O–H groups in total. The summed E-state index contributed by atoms with van der Waals surface area (Å²) in [6.45, 7) is 30.2. The molecule has 1 fully saturated rings. The van der Waals surface area contributed by atoms with Crippen molar-refractivity contribution in [1.29, 1.82) is 0 Å². The van der Waals surface area contributed by atoms with Crippen LogP contribution in [-0.4, -0.2) is 263 Å². The van der Waals surface area contributed by atoms with Crippen molar-refractivity contribution in [2.75, 3.05) is 75.7 Å². The molecule has 0 aromatic heterocycles. The third kappa shape index (κ3) is 24.8. The van der Waals surface area contributed by atoms with Gasteiger partial charge in [0, 0.05) is 75.7 Å². The van der Waals surface area contributed by atoms with Gasteiger partial charge in [-0.2, -0.15) is 0 Å². The van der Waals surface area contributed by atoms with Gasteiger partial charge in [0.2, 0.25) is 59.1 Å². The number of nitrogens with zero attached hydrogens (tertiary/aromatic N) is 9. The van der Waals surface area contributed by atoms with E-state index in [4.69, 9.17) is 0 Å². The normalized spacial score (nSPS) is 26.5. The number of carbonyl (C=O) groups excluding carboxylic acids is 11. The highest BCUT2D eigenvalue weighted by atomic mass is 32.2. The van der Waals surface area contributed by atoms with Gasteiger partial charge in [-0.3, -0.25) is 57.7 Å². The zero-order valence-electron chi connectivity index (χ0n) is 61.2. The maximum absolute atomic E-state index is 15.3. The smallest absolute Gasteiger partial charge is 0.256 e. The molecule has 0 saturated carbocycles. The summed E-state index contributed by atoms with van der Waals surface area (Å²) >= 11 is 1.09. The Bertz CT molecular complexity index is 2560. The van der Waals surface area contributed by atoms with Crippen molar-refractivity contribution in [2.45, 2.75) is 228 Å². The lowest BCUT2D eigenvalue weighted by Gasteiger charge is -2.41. The largest absolute Gasteiger partial charge is 0.390 e. The predicted octanol–water partition coefficient (Wildman–Crippen LogP) is 3.92. The number of aliphatic hydroxyl groups is 1. The molecule has 532 valence electrons. The molecule has 1 heterocycles. The van der Waals surface area contributed by atoms with Crippen LogP contribution in [0.1, 0.15) is 156 Å². The number of hydrogen-bond acceptors (Lipinski definition) is 14. The molecule has 26 heteroatoms. The van der Waals surface area contributed by atoms with E-state index < -0.39 is 155 Å². The molecule has 0 spiro atoms. The Morgan fingerprint density at radius 3 is 1.38 bits per heavy atom. The van der Waals surface area contributed by atoms with Gasteiger partial charge in [-0.05, 0) is 101 Å². The summed E-state index contributed by atoms with van der Waals surface area (Å²) in [7, 11) is 13.6. The summed E-state index contributed by atoms with van der Waals surface area (Å²) in [6.07, 6.45) is 4.50. The summed E-state index contributed by atoms with van der Waals surface area (Å²) in [5.41, 5.74) is 0. The van der Waals surface area contributed by atoms with Crippen molar-refractivity contribution in [2.24, 2.45) is 46.4 Å². The number of aliphatic imine (C=N–C) groups is 1. The maximum Gasteiger partial charge on any atom is 0.256 e. The topological polar surface area (TPSA) is 294 Å². The molecule has 0 aliphatic carbocycles. The predicted molar refractivity (Wildman–Crippen MR) is 367 cm³/mol. The van der Waals surface area contributed by atoms with Crippen LogP contribution in [0.5, 0.6) is 0 Å². The molecular weight excluding hydrogens is 1210 g/mol. The van der Waals surface area contributed by atoms with Gasteiger partial charge in [0.05, 0.1) is 12.4 Å². The minimum absolute atomic E-state index is 0.0143. The Hall–Kier alpha value is -6.31. The van der Waals surface area contributed by atoms with Crippen LogP contribution >= 0.6 is 11.8 Å². The van der Waals surface area contributed by atoms with Gasteiger partial charge >= 0.3 is 0 Å². The lowest BCUT2D eigenvalue weighted by atomic mass is 9.91. The highest BCUT2D eigenvalue weighted by Gasteiger charge is 2.46. The van der Waals surface area contributed by atoms with Crippen LogP contribution < -0.4 is 21.3 Å². The van der Waals surface area contributed by atoms with E-state index in [9.17, 15) is 29.1 Å². The minimum Gasteiger partial charge on any atom is -0.390 e. The number of thioether (sulfide) groups is 1. The second-order valence-corrected chi connectivity index (χ2v) is 29.2. The summed E-state index contributed by atoms with van der Waals surface area (Å²) in [6, 6.07) is -12.6. The number of nitrogens with one attached hydrogen (secondary N) is 4. The number of carbonyl (C=O) groups is 11. The fourth-order valence-electron chi connectivity index (χ4n) is 11.3. The molecule has 11 amide bonds. The van der Waals surface area contributed by atoms with Crippen molar-refractivity contribution >= 4 is 83.1 Å². The van der Waals surface area contributed by atoms with Crippen LogP contribution in [0, 0.1) is 41.4 Å². The van der Waals surface area contributed by atoms with Crippen LogP contribution in [0.15, 0.2) is 17.1 Å². The Labute approximate surface area is 561 Å². The Kier molecular flexibility index (Phi) is 36.0. The van der Waals surface area contributed by atoms with Gasteiger partial charge in [0.1, 0.15) is 60.4 Å². The van der Waals surface area contributed by atoms with Crippen molar-refractivity contribution in [1.82, 2.24) is 60.5 Å². The fraction of sp³-hybridized carbons (Fsp3) is 0.791. The third-order valence-electron chi connectivity index (χ3n) is 17.0. The average Bonchev–Trinajstić information content (AvgIpc) is 0.816. The van der Waals surface area contributed by atoms with E-state index in [0.29, 0.717) is 6.42 Å². The standard InChI is InChI=1S/C67H121N13O12S/c1-27-29-30-44(15)55(81)54-59(85)71-47(28-2)61(87)80(26)67(93-32-31-68-37-73(18)19)66(92)75(21)49(34-39(5)6)58(84)72-52(42(11)12)64(90)74(20)48(33-38(3)4)57(83)69-45(16)56(82)70-46(17)60(86)76(22)50(35-40(7)8)62(88)77(23)51(36-41(9)10)63(89)78(24)53(43(13)14)65(91)79(54)25/h27,29,37-55,67,81H,28,30-36H2,1-26H3,(H,69,83)(H,70,82)(H,71,85)(H,72,84)/b29-27+,68-37-/t44-,45+,46-,47+,48+,49+,50+,51+,52+,53+,54+,55-,67-/m1/s1. The first-order valence-corrected chi connectivity index (χ1v) is 34.2. The molecule has 0 aromatic rings. The number of likely N-dealkylation sites (N-methyl/N-ethyl adjacent to an activating group) is 7. The molecular formula is C67H121N13O12S. The Morgan fingerprint density at radius 1 is 0.495 bits per heavy atom. The second-order valence-electron chi connectivity index (χ2n) is 28.0. The zero-order valence-corrected chi connectivity index (χ0v) is 62.0. The van der Waals surface area contributed by atoms with E-state index in [-0.39, 0.29) is 68.1 Å². The fourth-order valence-corrected chi connectivity index (χ4v) is 12.4. The van der Waals surface area contributed by atoms with Gasteiger partial charge in [-0.15, -0.1) is 11.8 Å². The quantitative estimate of drug-likeness (QED) is 0.0500. The molecule has 93 heavy (non-hydrogen) atoms. The molecule has 1 aliphatic heterocycles. The van der Waals surface area contributed by atoms with Gasteiger partial charge in [0.15, 0.2) is 5.37 Å². The monoisotopic (exact) mass is 1330 g/mol. The SMILES string of the molecule is C/C=C/C[C@@H](C)[C@@H](O)[C@H]1C(=O)N[C@@H](CC)C(=O)N(C)[C@H](SCC/N=C\N(C)C)C(=O)N(C)[C@@H](CC(C)C)C(=O)N[C@@H](C(C)C)C(=O)N(C)[C@@H](CC(C)C)C(=O)N[C@@H](C)C(=O)N[C@H](C)C(=O)N(C)[C@@H](CC(C)C)C(=O)N(C)[C@@H](CC(C)C)C(=O)N(C)[C@@H](C(C)C)C(=O)N1C. The summed E-state index contributed by atoms with van der Waals surface area (Å²) in [5.74, 6) is -9.78. The van der Waals surface area contributed by atoms with Crippen molar-refractivity contribution in [3.05, 3.63) is 12.2 Å². The van der Waals surface area contributed by atoms with Crippen molar-refractivity contribution in [3.63, 3.8) is 0 Å². The molecule has 1 aliphatic rings. The van der Waals surface area contributed by atoms with Crippen LogP contribution in [-0.2, 0) is 52.7 Å². The number of rotatable bonds is 20. The molecule has 25 nitrogen and oxygen atoms in total.